The molecule has 1 aliphatic heterocycles. The van der Waals surface area contributed by atoms with E-state index in [4.69, 9.17) is 9.26 Å². The summed E-state index contributed by atoms with van der Waals surface area (Å²) >= 11 is 0. The van der Waals surface area contributed by atoms with Crippen molar-refractivity contribution in [3.05, 3.63) is 29.7 Å². The summed E-state index contributed by atoms with van der Waals surface area (Å²) in [7, 11) is 1.62. The average molecular weight is 432 g/mol. The van der Waals surface area contributed by atoms with E-state index in [0.717, 1.165) is 62.3 Å². The standard InChI is InChI=1S/C24H34FN3O3/c1-30-15-11-23(29)26-20-5-2-17(3-6-20)8-12-28-13-9-18(10-14-28)24-21-16-19(25)4-7-22(21)31-27-24/h4,7,16-18,20H,2-3,5-6,8-15H2,1H3,(H,26,29). The Kier molecular flexibility index (Phi) is 7.56. The van der Waals surface area contributed by atoms with Gasteiger partial charge >= 0.3 is 0 Å². The van der Waals surface area contributed by atoms with Gasteiger partial charge in [0.25, 0.3) is 0 Å². The normalized spacial score (nSPS) is 23.3. The van der Waals surface area contributed by atoms with E-state index in [1.54, 1.807) is 19.2 Å². The van der Waals surface area contributed by atoms with E-state index >= 15 is 0 Å². The summed E-state index contributed by atoms with van der Waals surface area (Å²) in [6, 6.07) is 4.96. The maximum Gasteiger partial charge on any atom is 0.222 e. The van der Waals surface area contributed by atoms with Crippen molar-refractivity contribution in [3.63, 3.8) is 0 Å². The monoisotopic (exact) mass is 431 g/mol. The summed E-state index contributed by atoms with van der Waals surface area (Å²) in [6.07, 6.45) is 8.32. The van der Waals surface area contributed by atoms with Gasteiger partial charge in [0.1, 0.15) is 5.82 Å². The zero-order valence-electron chi connectivity index (χ0n) is 18.4. The number of hydrogen-bond acceptors (Lipinski definition) is 5. The number of methoxy groups -OCH3 is 1. The Bertz CT molecular complexity index is 855. The third-order valence-electron chi connectivity index (χ3n) is 7.03. The Labute approximate surface area is 183 Å². The Morgan fingerprint density at radius 1 is 1.23 bits per heavy atom. The van der Waals surface area contributed by atoms with E-state index in [1.165, 1.54) is 25.3 Å². The van der Waals surface area contributed by atoms with Crippen molar-refractivity contribution in [2.75, 3.05) is 33.4 Å². The molecule has 1 aromatic heterocycles. The molecule has 0 spiro atoms. The molecule has 0 unspecified atom stereocenters. The molecule has 1 amide bonds. The Morgan fingerprint density at radius 2 is 2.00 bits per heavy atom. The molecular weight excluding hydrogens is 397 g/mol. The summed E-state index contributed by atoms with van der Waals surface area (Å²) < 4.78 is 24.0. The first-order valence-corrected chi connectivity index (χ1v) is 11.7. The van der Waals surface area contributed by atoms with Crippen LogP contribution in [0.4, 0.5) is 4.39 Å². The number of hydrogen-bond donors (Lipinski definition) is 1. The van der Waals surface area contributed by atoms with Crippen LogP contribution in [0.3, 0.4) is 0 Å². The predicted molar refractivity (Wildman–Crippen MR) is 117 cm³/mol. The molecule has 1 aromatic carbocycles. The molecule has 2 aliphatic rings. The van der Waals surface area contributed by atoms with Crippen LogP contribution in [0.5, 0.6) is 0 Å². The van der Waals surface area contributed by atoms with Gasteiger partial charge < -0.3 is 19.5 Å². The van der Waals surface area contributed by atoms with Crippen LogP contribution in [0.15, 0.2) is 22.7 Å². The summed E-state index contributed by atoms with van der Waals surface area (Å²) in [6.45, 7) is 3.73. The van der Waals surface area contributed by atoms with Crippen LogP contribution in [0.2, 0.25) is 0 Å². The second-order valence-corrected chi connectivity index (χ2v) is 9.14. The van der Waals surface area contributed by atoms with Gasteiger partial charge in [0.15, 0.2) is 5.58 Å². The second kappa shape index (κ2) is 10.6. The van der Waals surface area contributed by atoms with Crippen LogP contribution < -0.4 is 5.32 Å². The lowest BCUT2D eigenvalue weighted by Crippen LogP contribution is -2.39. The maximum atomic E-state index is 13.6. The van der Waals surface area contributed by atoms with Crippen molar-refractivity contribution in [2.45, 2.75) is 63.3 Å². The van der Waals surface area contributed by atoms with E-state index in [0.29, 0.717) is 30.6 Å². The fourth-order valence-corrected chi connectivity index (χ4v) is 5.11. The summed E-state index contributed by atoms with van der Waals surface area (Å²) in [5, 5.41) is 8.22. The van der Waals surface area contributed by atoms with Gasteiger partial charge in [-0.1, -0.05) is 5.16 Å². The van der Waals surface area contributed by atoms with Crippen molar-refractivity contribution < 1.29 is 18.4 Å². The molecule has 0 atom stereocenters. The van der Waals surface area contributed by atoms with Gasteiger partial charge in [-0.25, -0.2) is 4.39 Å². The van der Waals surface area contributed by atoms with Gasteiger partial charge in [0.2, 0.25) is 5.91 Å². The molecule has 170 valence electrons. The first-order valence-electron chi connectivity index (χ1n) is 11.7. The molecule has 2 fully saturated rings. The number of amides is 1. The topological polar surface area (TPSA) is 67.6 Å². The van der Waals surface area contributed by atoms with Gasteiger partial charge in [-0.3, -0.25) is 4.79 Å². The molecule has 1 aliphatic carbocycles. The Balaban J connectivity index is 1.17. The van der Waals surface area contributed by atoms with E-state index in [-0.39, 0.29) is 11.7 Å². The van der Waals surface area contributed by atoms with Gasteiger partial charge in [0, 0.05) is 30.9 Å². The molecule has 4 rings (SSSR count). The summed E-state index contributed by atoms with van der Waals surface area (Å²) in [5.41, 5.74) is 1.59. The highest BCUT2D eigenvalue weighted by Gasteiger charge is 2.27. The maximum absolute atomic E-state index is 13.6. The fraction of sp³-hybridized carbons (Fsp3) is 0.667. The van der Waals surface area contributed by atoms with Crippen molar-refractivity contribution in [3.8, 4) is 0 Å². The van der Waals surface area contributed by atoms with Crippen LogP contribution >= 0.6 is 0 Å². The number of nitrogens with one attached hydrogen (secondary N) is 1. The van der Waals surface area contributed by atoms with Crippen LogP contribution in [0, 0.1) is 11.7 Å². The number of benzene rings is 1. The molecule has 0 radical (unpaired) electrons. The van der Waals surface area contributed by atoms with Crippen molar-refractivity contribution in [1.82, 2.24) is 15.4 Å². The van der Waals surface area contributed by atoms with Crippen LogP contribution in [0.25, 0.3) is 11.0 Å². The van der Waals surface area contributed by atoms with Gasteiger partial charge in [0.05, 0.1) is 12.3 Å². The van der Waals surface area contributed by atoms with E-state index in [2.05, 4.69) is 15.4 Å². The zero-order valence-corrected chi connectivity index (χ0v) is 18.4. The van der Waals surface area contributed by atoms with Crippen LogP contribution in [-0.2, 0) is 9.53 Å². The van der Waals surface area contributed by atoms with E-state index < -0.39 is 0 Å². The van der Waals surface area contributed by atoms with E-state index in [9.17, 15) is 9.18 Å². The molecular formula is C24H34FN3O3. The molecule has 1 N–H and O–H groups in total. The van der Waals surface area contributed by atoms with Crippen molar-refractivity contribution in [2.24, 2.45) is 5.92 Å². The van der Waals surface area contributed by atoms with E-state index in [1.807, 2.05) is 0 Å². The fourth-order valence-electron chi connectivity index (χ4n) is 5.11. The third kappa shape index (κ3) is 5.83. The van der Waals surface area contributed by atoms with Crippen LogP contribution in [0.1, 0.15) is 63.0 Å². The minimum Gasteiger partial charge on any atom is -0.384 e. The quantitative estimate of drug-likeness (QED) is 0.677. The molecule has 7 heteroatoms. The zero-order chi connectivity index (χ0) is 21.6. The highest BCUT2D eigenvalue weighted by Crippen LogP contribution is 2.33. The molecule has 31 heavy (non-hydrogen) atoms. The second-order valence-electron chi connectivity index (χ2n) is 9.14. The number of carbonyl (C=O) groups is 1. The molecule has 0 bridgehead atoms. The number of rotatable bonds is 8. The highest BCUT2D eigenvalue weighted by molar-refractivity contribution is 5.80. The number of fused-ring (bicyclic) bond motifs is 1. The number of nitrogens with zero attached hydrogens (tertiary/aromatic N) is 2. The molecule has 1 saturated carbocycles. The third-order valence-corrected chi connectivity index (χ3v) is 7.03. The highest BCUT2D eigenvalue weighted by atomic mass is 19.1. The summed E-state index contributed by atoms with van der Waals surface area (Å²) in [4.78, 5) is 14.4. The lowest BCUT2D eigenvalue weighted by Gasteiger charge is -2.34. The first kappa shape index (κ1) is 22.2. The summed E-state index contributed by atoms with van der Waals surface area (Å²) in [5.74, 6) is 0.971. The Hall–Kier alpha value is -1.99. The van der Waals surface area contributed by atoms with Gasteiger partial charge in [-0.2, -0.15) is 0 Å². The van der Waals surface area contributed by atoms with Gasteiger partial charge in [-0.15, -0.1) is 0 Å². The molecule has 2 heterocycles. The number of halogens is 1. The number of ether oxygens (including phenoxy) is 1. The molecule has 6 nitrogen and oxygen atoms in total. The smallest absolute Gasteiger partial charge is 0.222 e. The Morgan fingerprint density at radius 3 is 2.74 bits per heavy atom. The number of likely N-dealkylation sites (tertiary alicyclic amines) is 1. The average Bonchev–Trinajstić information content (AvgIpc) is 3.20. The lowest BCUT2D eigenvalue weighted by atomic mass is 9.83. The first-order chi connectivity index (χ1) is 15.1. The number of piperidine rings is 1. The molecule has 1 saturated heterocycles. The predicted octanol–water partition coefficient (Wildman–Crippen LogP) is 4.25. The van der Waals surface area contributed by atoms with Crippen molar-refractivity contribution >= 4 is 16.9 Å². The number of aromatic nitrogens is 1. The van der Waals surface area contributed by atoms with Crippen molar-refractivity contribution in [1.29, 1.82) is 0 Å². The minimum atomic E-state index is -0.237. The number of carbonyl (C=O) groups excluding carboxylic acids is 1. The lowest BCUT2D eigenvalue weighted by molar-refractivity contribution is -0.122. The molecule has 2 aromatic rings. The van der Waals surface area contributed by atoms with Gasteiger partial charge in [-0.05, 0) is 88.7 Å². The van der Waals surface area contributed by atoms with Crippen LogP contribution in [-0.4, -0.2) is 55.4 Å². The largest absolute Gasteiger partial charge is 0.384 e. The SMILES string of the molecule is COCCC(=O)NC1CCC(CCN2CCC(c3noc4ccc(F)cc34)CC2)CC1. The minimum absolute atomic E-state index is 0.107.